The van der Waals surface area contributed by atoms with Gasteiger partial charge in [0.1, 0.15) is 0 Å². The molecule has 2 aliphatic heterocycles. The van der Waals surface area contributed by atoms with Crippen LogP contribution in [0.2, 0.25) is 0 Å². The Kier molecular flexibility index (Phi) is 5.40. The second-order valence-corrected chi connectivity index (χ2v) is 11.4. The predicted molar refractivity (Wildman–Crippen MR) is 122 cm³/mol. The molecule has 30 heavy (non-hydrogen) atoms. The van der Waals surface area contributed by atoms with Crippen molar-refractivity contribution in [1.29, 1.82) is 0 Å². The molecule has 4 aliphatic rings. The molecule has 1 spiro atoms. The lowest BCUT2D eigenvalue weighted by Gasteiger charge is -2.42. The van der Waals surface area contributed by atoms with Crippen molar-refractivity contribution in [2.24, 2.45) is 23.2 Å². The van der Waals surface area contributed by atoms with Crippen molar-refractivity contribution in [3.05, 3.63) is 29.3 Å². The summed E-state index contributed by atoms with van der Waals surface area (Å²) in [7, 11) is 0. The number of rotatable bonds is 3. The quantitative estimate of drug-likeness (QED) is 0.723. The number of ether oxygens (including phenoxy) is 2. The van der Waals surface area contributed by atoms with Crippen LogP contribution in [0.25, 0.3) is 0 Å². The number of piperazine rings is 1. The van der Waals surface area contributed by atoms with E-state index in [4.69, 9.17) is 9.47 Å². The Balaban J connectivity index is 1.10. The first-order chi connectivity index (χ1) is 14.3. The number of anilines is 1. The highest BCUT2D eigenvalue weighted by Crippen LogP contribution is 2.54. The summed E-state index contributed by atoms with van der Waals surface area (Å²) in [5, 5.41) is 0. The number of nitrogens with zero attached hydrogens (tertiary/aromatic N) is 2. The van der Waals surface area contributed by atoms with Crippen LogP contribution in [0, 0.1) is 37.0 Å². The summed E-state index contributed by atoms with van der Waals surface area (Å²) in [6, 6.07) is 6.72. The van der Waals surface area contributed by atoms with Crippen molar-refractivity contribution in [3.63, 3.8) is 0 Å². The van der Waals surface area contributed by atoms with Crippen LogP contribution >= 0.6 is 0 Å². The van der Waals surface area contributed by atoms with E-state index >= 15 is 0 Å². The molecule has 0 N–H and O–H groups in total. The highest BCUT2D eigenvalue weighted by molar-refractivity contribution is 5.56. The molecule has 2 heterocycles. The van der Waals surface area contributed by atoms with Crippen molar-refractivity contribution in [3.8, 4) is 0 Å². The monoisotopic (exact) mass is 412 g/mol. The Bertz CT molecular complexity index is 742. The third-order valence-corrected chi connectivity index (χ3v) is 8.34. The molecule has 166 valence electrons. The predicted octanol–water partition coefficient (Wildman–Crippen LogP) is 4.63. The molecule has 2 atom stereocenters. The fraction of sp³-hybridized carbons (Fsp3) is 0.769. The molecule has 4 nitrogen and oxygen atoms in total. The van der Waals surface area contributed by atoms with Gasteiger partial charge in [-0.3, -0.25) is 4.90 Å². The Hall–Kier alpha value is -1.10. The van der Waals surface area contributed by atoms with E-state index in [1.54, 1.807) is 0 Å². The zero-order valence-corrected chi connectivity index (χ0v) is 19.5. The minimum atomic E-state index is -0.243. The third-order valence-electron chi connectivity index (χ3n) is 8.34. The van der Waals surface area contributed by atoms with Gasteiger partial charge in [0.25, 0.3) is 0 Å². The van der Waals surface area contributed by atoms with Crippen molar-refractivity contribution in [2.45, 2.75) is 59.2 Å². The standard InChI is InChI=1S/C26H40N2O2/c1-19-6-5-7-24(20(19)2)28-10-8-27(9-11-28)16-21-12-22-14-26(15-23(22)13-21)29-17-25(3,4)18-30-26/h5-7,21-23H,8-18H2,1-4H3. The Morgan fingerprint density at radius 1 is 0.933 bits per heavy atom. The number of aryl methyl sites for hydroxylation is 1. The van der Waals surface area contributed by atoms with Crippen molar-refractivity contribution in [1.82, 2.24) is 4.90 Å². The molecular weight excluding hydrogens is 372 g/mol. The van der Waals surface area contributed by atoms with Gasteiger partial charge in [0.05, 0.1) is 13.2 Å². The van der Waals surface area contributed by atoms with E-state index in [0.29, 0.717) is 0 Å². The highest BCUT2D eigenvalue weighted by Gasteiger charge is 2.53. The first-order valence-electron chi connectivity index (χ1n) is 12.1. The number of fused-ring (bicyclic) bond motifs is 1. The zero-order valence-electron chi connectivity index (χ0n) is 19.5. The first-order valence-corrected chi connectivity index (χ1v) is 12.1. The third kappa shape index (κ3) is 4.03. The summed E-state index contributed by atoms with van der Waals surface area (Å²) in [6.07, 6.45) is 5.01. The van der Waals surface area contributed by atoms with E-state index < -0.39 is 0 Å². The van der Waals surface area contributed by atoms with Crippen LogP contribution < -0.4 is 4.90 Å². The second-order valence-electron chi connectivity index (χ2n) is 11.4. The van der Waals surface area contributed by atoms with E-state index in [1.807, 2.05) is 0 Å². The van der Waals surface area contributed by atoms with Crippen LogP contribution in [0.5, 0.6) is 0 Å². The molecule has 2 aliphatic carbocycles. The molecule has 2 saturated carbocycles. The van der Waals surface area contributed by atoms with Crippen molar-refractivity contribution in [2.75, 3.05) is 50.8 Å². The molecule has 2 unspecified atom stereocenters. The van der Waals surface area contributed by atoms with Crippen LogP contribution in [0.4, 0.5) is 5.69 Å². The lowest BCUT2D eigenvalue weighted by Crippen LogP contribution is -2.48. The minimum Gasteiger partial charge on any atom is -0.369 e. The molecule has 1 aromatic rings. The first kappa shape index (κ1) is 20.8. The molecule has 0 amide bonds. The van der Waals surface area contributed by atoms with Gasteiger partial charge in [0, 0.05) is 56.7 Å². The lowest BCUT2D eigenvalue weighted by molar-refractivity contribution is -0.297. The SMILES string of the molecule is Cc1cccc(N2CCN(CC3CC4CC5(CC4C3)OCC(C)(C)CO5)CC2)c1C. The molecule has 2 saturated heterocycles. The molecule has 0 bridgehead atoms. The summed E-state index contributed by atoms with van der Waals surface area (Å²) >= 11 is 0. The fourth-order valence-electron chi connectivity index (χ4n) is 6.46. The summed E-state index contributed by atoms with van der Waals surface area (Å²) in [4.78, 5) is 5.31. The lowest BCUT2D eigenvalue weighted by atomic mass is 9.93. The van der Waals surface area contributed by atoms with Gasteiger partial charge in [0.15, 0.2) is 5.79 Å². The molecule has 5 rings (SSSR count). The molecule has 4 fully saturated rings. The van der Waals surface area contributed by atoms with E-state index in [0.717, 1.165) is 56.9 Å². The molecule has 0 aromatic heterocycles. The fourth-order valence-corrected chi connectivity index (χ4v) is 6.46. The van der Waals surface area contributed by atoms with Crippen molar-refractivity contribution >= 4 is 5.69 Å². The topological polar surface area (TPSA) is 24.9 Å². The number of benzene rings is 1. The number of hydrogen-bond acceptors (Lipinski definition) is 4. The normalized spacial score (nSPS) is 33.2. The molecule has 4 heteroatoms. The number of hydrogen-bond donors (Lipinski definition) is 0. The van der Waals surface area contributed by atoms with Crippen LogP contribution in [-0.2, 0) is 9.47 Å². The highest BCUT2D eigenvalue weighted by atomic mass is 16.7. The Labute approximate surface area is 182 Å². The van der Waals surface area contributed by atoms with Gasteiger partial charge in [-0.1, -0.05) is 26.0 Å². The van der Waals surface area contributed by atoms with E-state index in [1.165, 1.54) is 49.3 Å². The maximum absolute atomic E-state index is 6.30. The smallest absolute Gasteiger partial charge is 0.168 e. The van der Waals surface area contributed by atoms with E-state index in [9.17, 15) is 0 Å². The van der Waals surface area contributed by atoms with Crippen LogP contribution in [0.1, 0.15) is 50.7 Å². The molecule has 1 aromatic carbocycles. The molecular formula is C26H40N2O2. The van der Waals surface area contributed by atoms with Crippen LogP contribution in [-0.4, -0.2) is 56.6 Å². The molecule has 0 radical (unpaired) electrons. The summed E-state index contributed by atoms with van der Waals surface area (Å²) in [5.74, 6) is 2.25. The van der Waals surface area contributed by atoms with Gasteiger partial charge in [0.2, 0.25) is 0 Å². The maximum atomic E-state index is 6.30. The summed E-state index contributed by atoms with van der Waals surface area (Å²) in [6.45, 7) is 16.7. The van der Waals surface area contributed by atoms with Gasteiger partial charge in [-0.2, -0.15) is 0 Å². The second kappa shape index (κ2) is 7.79. The van der Waals surface area contributed by atoms with E-state index in [2.05, 4.69) is 55.7 Å². The van der Waals surface area contributed by atoms with Gasteiger partial charge < -0.3 is 14.4 Å². The van der Waals surface area contributed by atoms with Gasteiger partial charge in [-0.15, -0.1) is 0 Å². The minimum absolute atomic E-state index is 0.171. The van der Waals surface area contributed by atoms with Crippen LogP contribution in [0.3, 0.4) is 0 Å². The average molecular weight is 413 g/mol. The average Bonchev–Trinajstić information content (AvgIpc) is 3.23. The summed E-state index contributed by atoms with van der Waals surface area (Å²) in [5.41, 5.74) is 4.45. The largest absolute Gasteiger partial charge is 0.369 e. The van der Waals surface area contributed by atoms with Gasteiger partial charge in [-0.25, -0.2) is 0 Å². The van der Waals surface area contributed by atoms with E-state index in [-0.39, 0.29) is 11.2 Å². The van der Waals surface area contributed by atoms with Gasteiger partial charge >= 0.3 is 0 Å². The zero-order chi connectivity index (χ0) is 20.9. The van der Waals surface area contributed by atoms with Gasteiger partial charge in [-0.05, 0) is 61.6 Å². The summed E-state index contributed by atoms with van der Waals surface area (Å²) < 4.78 is 12.6. The Morgan fingerprint density at radius 2 is 1.57 bits per heavy atom. The Morgan fingerprint density at radius 3 is 2.20 bits per heavy atom. The van der Waals surface area contributed by atoms with Crippen LogP contribution in [0.15, 0.2) is 18.2 Å². The van der Waals surface area contributed by atoms with Crippen molar-refractivity contribution < 1.29 is 9.47 Å². The maximum Gasteiger partial charge on any atom is 0.168 e.